The molecule has 0 aliphatic carbocycles. The number of nitrogens with zero attached hydrogens (tertiary/aromatic N) is 2. The minimum Gasteiger partial charge on any atom is -0.492 e. The topological polar surface area (TPSA) is 51.7 Å². The maximum atomic E-state index is 13.0. The number of aromatic nitrogens is 1. The first kappa shape index (κ1) is 18.1. The lowest BCUT2D eigenvalue weighted by molar-refractivity contribution is -0.126. The highest BCUT2D eigenvalue weighted by Crippen LogP contribution is 2.36. The summed E-state index contributed by atoms with van der Waals surface area (Å²) in [5.41, 5.74) is 0.350. The second-order valence-electron chi connectivity index (χ2n) is 7.33. The van der Waals surface area contributed by atoms with Gasteiger partial charge in [-0.05, 0) is 31.9 Å². The van der Waals surface area contributed by atoms with Crippen LogP contribution < -0.4 is 9.64 Å². The molecule has 1 amide bonds. The maximum absolute atomic E-state index is 13.0. The van der Waals surface area contributed by atoms with Crippen LogP contribution in [0.15, 0.2) is 18.2 Å². The van der Waals surface area contributed by atoms with Gasteiger partial charge in [-0.1, -0.05) is 38.2 Å². The number of thiazole rings is 1. The molecule has 1 aromatic heterocycles. The number of para-hydroxylation sites is 1. The van der Waals surface area contributed by atoms with Gasteiger partial charge in [0.15, 0.2) is 5.13 Å². The van der Waals surface area contributed by atoms with Crippen molar-refractivity contribution in [1.82, 2.24) is 4.98 Å². The van der Waals surface area contributed by atoms with Crippen molar-refractivity contribution in [3.05, 3.63) is 18.2 Å². The minimum absolute atomic E-state index is 0.0695. The molecule has 2 aromatic rings. The lowest BCUT2D eigenvalue weighted by Crippen LogP contribution is -2.43. The van der Waals surface area contributed by atoms with Crippen molar-refractivity contribution in [2.24, 2.45) is 5.41 Å². The van der Waals surface area contributed by atoms with Gasteiger partial charge in [0.2, 0.25) is 5.91 Å². The fourth-order valence-electron chi connectivity index (χ4n) is 2.94. The third-order valence-electron chi connectivity index (χ3n) is 4.20. The fraction of sp³-hybridized carbons (Fsp3) is 0.579. The van der Waals surface area contributed by atoms with Gasteiger partial charge in [0.25, 0.3) is 0 Å². The molecule has 136 valence electrons. The van der Waals surface area contributed by atoms with Crippen LogP contribution in [0.1, 0.15) is 40.5 Å². The number of rotatable bonds is 5. The van der Waals surface area contributed by atoms with Gasteiger partial charge in [0, 0.05) is 12.0 Å². The maximum Gasteiger partial charge on any atom is 0.234 e. The number of anilines is 1. The Morgan fingerprint density at radius 1 is 1.44 bits per heavy atom. The number of amides is 1. The summed E-state index contributed by atoms with van der Waals surface area (Å²) in [6.45, 7) is 9.70. The van der Waals surface area contributed by atoms with E-state index in [1.54, 1.807) is 4.90 Å². The van der Waals surface area contributed by atoms with Crippen LogP contribution in [0.5, 0.6) is 5.75 Å². The van der Waals surface area contributed by atoms with E-state index >= 15 is 0 Å². The van der Waals surface area contributed by atoms with Gasteiger partial charge in [0.1, 0.15) is 11.3 Å². The molecule has 1 atom stereocenters. The van der Waals surface area contributed by atoms with Crippen molar-refractivity contribution < 1.29 is 14.3 Å². The Labute approximate surface area is 152 Å². The zero-order valence-electron chi connectivity index (χ0n) is 15.4. The van der Waals surface area contributed by atoms with Crippen molar-refractivity contribution in [1.29, 1.82) is 0 Å². The Hall–Kier alpha value is -1.66. The Kier molecular flexibility index (Phi) is 5.29. The molecular weight excluding hydrogens is 336 g/mol. The number of fused-ring (bicyclic) bond motifs is 1. The predicted octanol–water partition coefficient (Wildman–Crippen LogP) is 4.25. The second-order valence-corrected chi connectivity index (χ2v) is 8.34. The number of hydrogen-bond acceptors (Lipinski definition) is 5. The Morgan fingerprint density at radius 2 is 2.24 bits per heavy atom. The van der Waals surface area contributed by atoms with E-state index in [4.69, 9.17) is 14.5 Å². The first-order valence-electron chi connectivity index (χ1n) is 8.86. The van der Waals surface area contributed by atoms with Crippen LogP contribution in [0.3, 0.4) is 0 Å². The summed E-state index contributed by atoms with van der Waals surface area (Å²) in [5.74, 6) is 0.836. The van der Waals surface area contributed by atoms with E-state index in [0.717, 1.165) is 40.5 Å². The standard InChI is InChI=1S/C19H26N2O3S/c1-5-23-14-9-6-10-15-16(14)20-18(25-15)21(17(22)19(2,3)4)12-13-8-7-11-24-13/h6,9-10,13H,5,7-8,11-12H2,1-4H3. The van der Waals surface area contributed by atoms with Crippen LogP contribution in [0.4, 0.5) is 5.13 Å². The molecule has 1 aromatic carbocycles. The molecule has 5 nitrogen and oxygen atoms in total. The molecule has 3 rings (SSSR count). The van der Waals surface area contributed by atoms with Gasteiger partial charge < -0.3 is 9.47 Å². The Bertz CT molecular complexity index is 745. The van der Waals surface area contributed by atoms with E-state index in [2.05, 4.69) is 0 Å². The average molecular weight is 362 g/mol. The summed E-state index contributed by atoms with van der Waals surface area (Å²) in [7, 11) is 0. The number of hydrogen-bond donors (Lipinski definition) is 0. The quantitative estimate of drug-likeness (QED) is 0.798. The van der Waals surface area contributed by atoms with Crippen LogP contribution >= 0.6 is 11.3 Å². The van der Waals surface area contributed by atoms with E-state index in [1.807, 2.05) is 45.9 Å². The van der Waals surface area contributed by atoms with Crippen molar-refractivity contribution >= 4 is 32.6 Å². The van der Waals surface area contributed by atoms with E-state index in [9.17, 15) is 4.79 Å². The molecule has 0 spiro atoms. The van der Waals surface area contributed by atoms with Gasteiger partial charge >= 0.3 is 0 Å². The first-order valence-corrected chi connectivity index (χ1v) is 9.67. The zero-order valence-corrected chi connectivity index (χ0v) is 16.2. The molecule has 0 N–H and O–H groups in total. The number of carbonyl (C=O) groups is 1. The monoisotopic (exact) mass is 362 g/mol. The van der Waals surface area contributed by atoms with Crippen LogP contribution in [0, 0.1) is 5.41 Å². The lowest BCUT2D eigenvalue weighted by atomic mass is 9.94. The minimum atomic E-state index is -0.473. The molecule has 0 saturated carbocycles. The summed E-state index contributed by atoms with van der Waals surface area (Å²) in [6.07, 6.45) is 2.13. The lowest BCUT2D eigenvalue weighted by Gasteiger charge is -2.29. The second kappa shape index (κ2) is 7.30. The molecule has 1 aliphatic rings. The summed E-state index contributed by atoms with van der Waals surface area (Å²) in [4.78, 5) is 19.6. The fourth-order valence-corrected chi connectivity index (χ4v) is 3.93. The third kappa shape index (κ3) is 3.96. The molecule has 6 heteroatoms. The van der Waals surface area contributed by atoms with Crippen LogP contribution in [-0.4, -0.2) is 36.8 Å². The SMILES string of the molecule is CCOc1cccc2sc(N(CC3CCCO3)C(=O)C(C)(C)C)nc12. The zero-order chi connectivity index (χ0) is 18.0. The van der Waals surface area contributed by atoms with E-state index in [1.165, 1.54) is 11.3 Å². The van der Waals surface area contributed by atoms with Crippen molar-refractivity contribution in [3.8, 4) is 5.75 Å². The average Bonchev–Trinajstić information content (AvgIpc) is 3.21. The summed E-state index contributed by atoms with van der Waals surface area (Å²) in [6, 6.07) is 5.90. The highest BCUT2D eigenvalue weighted by molar-refractivity contribution is 7.22. The molecular formula is C19H26N2O3S. The molecule has 1 unspecified atom stereocenters. The molecule has 2 heterocycles. The van der Waals surface area contributed by atoms with Gasteiger partial charge in [-0.25, -0.2) is 4.98 Å². The number of ether oxygens (including phenoxy) is 2. The smallest absolute Gasteiger partial charge is 0.234 e. The third-order valence-corrected chi connectivity index (χ3v) is 5.24. The first-order chi connectivity index (χ1) is 11.9. The molecule has 1 saturated heterocycles. The Balaban J connectivity index is 1.98. The summed E-state index contributed by atoms with van der Waals surface area (Å²) >= 11 is 1.53. The molecule has 1 fully saturated rings. The number of carbonyl (C=O) groups excluding carboxylic acids is 1. The van der Waals surface area contributed by atoms with Crippen LogP contribution in [-0.2, 0) is 9.53 Å². The van der Waals surface area contributed by atoms with Crippen molar-refractivity contribution in [2.75, 3.05) is 24.7 Å². The van der Waals surface area contributed by atoms with Gasteiger partial charge in [-0.2, -0.15) is 0 Å². The predicted molar refractivity (Wildman–Crippen MR) is 102 cm³/mol. The molecule has 0 radical (unpaired) electrons. The van der Waals surface area contributed by atoms with Crippen LogP contribution in [0.2, 0.25) is 0 Å². The molecule has 0 bridgehead atoms. The van der Waals surface area contributed by atoms with Crippen molar-refractivity contribution in [2.45, 2.75) is 46.6 Å². The normalized spacial score (nSPS) is 17.8. The van der Waals surface area contributed by atoms with Gasteiger partial charge in [-0.15, -0.1) is 0 Å². The Morgan fingerprint density at radius 3 is 2.88 bits per heavy atom. The summed E-state index contributed by atoms with van der Waals surface area (Å²) < 4.78 is 12.5. The summed E-state index contributed by atoms with van der Waals surface area (Å²) in [5, 5.41) is 0.720. The molecule has 25 heavy (non-hydrogen) atoms. The van der Waals surface area contributed by atoms with E-state index in [0.29, 0.717) is 13.2 Å². The highest BCUT2D eigenvalue weighted by Gasteiger charge is 2.33. The number of benzene rings is 1. The highest BCUT2D eigenvalue weighted by atomic mass is 32.1. The molecule has 1 aliphatic heterocycles. The van der Waals surface area contributed by atoms with E-state index < -0.39 is 5.41 Å². The van der Waals surface area contributed by atoms with Crippen LogP contribution in [0.25, 0.3) is 10.2 Å². The van der Waals surface area contributed by atoms with E-state index in [-0.39, 0.29) is 12.0 Å². The largest absolute Gasteiger partial charge is 0.492 e. The van der Waals surface area contributed by atoms with Gasteiger partial charge in [0.05, 0.1) is 24.0 Å². The van der Waals surface area contributed by atoms with Crippen molar-refractivity contribution in [3.63, 3.8) is 0 Å². The van der Waals surface area contributed by atoms with Gasteiger partial charge in [-0.3, -0.25) is 9.69 Å².